The zero-order valence-electron chi connectivity index (χ0n) is 7.24. The maximum atomic E-state index is 10.6. The predicted octanol–water partition coefficient (Wildman–Crippen LogP) is 2.29. The summed E-state index contributed by atoms with van der Waals surface area (Å²) in [6.07, 6.45) is 1.54. The van der Waals surface area contributed by atoms with Crippen molar-refractivity contribution in [3.63, 3.8) is 0 Å². The van der Waals surface area contributed by atoms with Crippen molar-refractivity contribution < 1.29 is 4.79 Å². The number of halogens is 1. The summed E-state index contributed by atoms with van der Waals surface area (Å²) in [4.78, 5) is 10.6. The van der Waals surface area contributed by atoms with Crippen LogP contribution in [0.1, 0.15) is 6.42 Å². The highest BCUT2D eigenvalue weighted by molar-refractivity contribution is 6.18. The van der Waals surface area contributed by atoms with Crippen molar-refractivity contribution >= 4 is 23.6 Å². The second-order valence-corrected chi connectivity index (χ2v) is 3.11. The number of carbonyl (C=O) groups is 1. The van der Waals surface area contributed by atoms with Gasteiger partial charge in [0.05, 0.1) is 6.04 Å². The molecule has 1 aromatic carbocycles. The largest absolute Gasteiger partial charge is 0.375 e. The van der Waals surface area contributed by atoms with Gasteiger partial charge in [-0.05, 0) is 18.6 Å². The molecule has 13 heavy (non-hydrogen) atoms. The molecule has 0 saturated heterocycles. The van der Waals surface area contributed by atoms with Crippen LogP contribution < -0.4 is 5.32 Å². The first-order valence-electron chi connectivity index (χ1n) is 4.19. The number of benzene rings is 1. The molecule has 0 heterocycles. The number of para-hydroxylation sites is 1. The Morgan fingerprint density at radius 3 is 2.62 bits per heavy atom. The number of aldehydes is 1. The van der Waals surface area contributed by atoms with Crippen LogP contribution >= 0.6 is 11.6 Å². The molecule has 1 rings (SSSR count). The second-order valence-electron chi connectivity index (χ2n) is 2.73. The third-order valence-electron chi connectivity index (χ3n) is 1.71. The number of nitrogens with one attached hydrogen (secondary N) is 1. The quantitative estimate of drug-likeness (QED) is 0.580. The number of alkyl halides is 1. The Balaban J connectivity index is 2.51. The maximum Gasteiger partial charge on any atom is 0.142 e. The van der Waals surface area contributed by atoms with Gasteiger partial charge in [0.1, 0.15) is 6.29 Å². The van der Waals surface area contributed by atoms with Crippen molar-refractivity contribution in [2.75, 3.05) is 11.2 Å². The molecule has 0 amide bonds. The van der Waals surface area contributed by atoms with Crippen LogP contribution in [0.15, 0.2) is 30.3 Å². The van der Waals surface area contributed by atoms with E-state index in [9.17, 15) is 4.79 Å². The van der Waals surface area contributed by atoms with Gasteiger partial charge in [-0.2, -0.15) is 0 Å². The summed E-state index contributed by atoms with van der Waals surface area (Å²) in [6.45, 7) is 0. The predicted molar refractivity (Wildman–Crippen MR) is 55.3 cm³/mol. The lowest BCUT2D eigenvalue weighted by Gasteiger charge is -2.11. The summed E-state index contributed by atoms with van der Waals surface area (Å²) >= 11 is 5.54. The molecule has 0 fully saturated rings. The molecule has 0 aliphatic rings. The lowest BCUT2D eigenvalue weighted by Crippen LogP contribution is -2.21. The molecule has 1 aromatic rings. The summed E-state index contributed by atoms with van der Waals surface area (Å²) in [5, 5.41) is 3.08. The van der Waals surface area contributed by atoms with Gasteiger partial charge in [-0.25, -0.2) is 0 Å². The highest BCUT2D eigenvalue weighted by atomic mass is 35.5. The van der Waals surface area contributed by atoms with E-state index in [1.165, 1.54) is 0 Å². The minimum atomic E-state index is -0.181. The third kappa shape index (κ3) is 3.47. The Labute approximate surface area is 82.9 Å². The summed E-state index contributed by atoms with van der Waals surface area (Å²) in [5.74, 6) is 0.489. The average molecular weight is 198 g/mol. The van der Waals surface area contributed by atoms with Crippen molar-refractivity contribution in [1.29, 1.82) is 0 Å². The van der Waals surface area contributed by atoms with Crippen LogP contribution in [0.4, 0.5) is 5.69 Å². The topological polar surface area (TPSA) is 29.1 Å². The minimum absolute atomic E-state index is 0.181. The molecule has 0 spiro atoms. The molecular weight excluding hydrogens is 186 g/mol. The number of rotatable bonds is 5. The summed E-state index contributed by atoms with van der Waals surface area (Å²) in [6, 6.07) is 9.44. The number of hydrogen-bond acceptors (Lipinski definition) is 2. The van der Waals surface area contributed by atoms with Crippen molar-refractivity contribution in [1.82, 2.24) is 0 Å². The van der Waals surface area contributed by atoms with Crippen LogP contribution in [-0.4, -0.2) is 18.2 Å². The zero-order chi connectivity index (χ0) is 9.52. The first-order chi connectivity index (χ1) is 6.36. The highest BCUT2D eigenvalue weighted by Crippen LogP contribution is 2.07. The average Bonchev–Trinajstić information content (AvgIpc) is 2.19. The summed E-state index contributed by atoms with van der Waals surface area (Å²) in [7, 11) is 0. The van der Waals surface area contributed by atoms with E-state index in [0.29, 0.717) is 12.3 Å². The van der Waals surface area contributed by atoms with E-state index in [-0.39, 0.29) is 6.04 Å². The van der Waals surface area contributed by atoms with E-state index < -0.39 is 0 Å². The molecule has 1 unspecified atom stereocenters. The van der Waals surface area contributed by atoms with Crippen molar-refractivity contribution in [3.05, 3.63) is 30.3 Å². The highest BCUT2D eigenvalue weighted by Gasteiger charge is 2.04. The fraction of sp³-hybridized carbons (Fsp3) is 0.300. The Bertz CT molecular complexity index is 250. The van der Waals surface area contributed by atoms with Gasteiger partial charge in [0, 0.05) is 11.6 Å². The van der Waals surface area contributed by atoms with E-state index in [0.717, 1.165) is 12.0 Å². The molecule has 0 aromatic heterocycles. The molecule has 0 bridgehead atoms. The smallest absolute Gasteiger partial charge is 0.142 e. The lowest BCUT2D eigenvalue weighted by atomic mass is 10.2. The Morgan fingerprint density at radius 1 is 1.38 bits per heavy atom. The normalized spacial score (nSPS) is 12.1. The van der Waals surface area contributed by atoms with Gasteiger partial charge in [-0.3, -0.25) is 0 Å². The summed E-state index contributed by atoms with van der Waals surface area (Å²) < 4.78 is 0. The Morgan fingerprint density at radius 2 is 2.08 bits per heavy atom. The van der Waals surface area contributed by atoms with Gasteiger partial charge in [-0.15, -0.1) is 11.6 Å². The first kappa shape index (κ1) is 10.1. The first-order valence-corrected chi connectivity index (χ1v) is 4.73. The van der Waals surface area contributed by atoms with Crippen LogP contribution in [0.3, 0.4) is 0 Å². The SMILES string of the molecule is O=CC(CCCl)Nc1ccccc1. The van der Waals surface area contributed by atoms with E-state index in [1.54, 1.807) is 0 Å². The maximum absolute atomic E-state index is 10.6. The molecule has 0 aliphatic heterocycles. The van der Waals surface area contributed by atoms with Gasteiger partial charge < -0.3 is 10.1 Å². The number of anilines is 1. The molecule has 2 nitrogen and oxygen atoms in total. The van der Waals surface area contributed by atoms with E-state index in [2.05, 4.69) is 5.32 Å². The van der Waals surface area contributed by atoms with Gasteiger partial charge in [-0.1, -0.05) is 18.2 Å². The second kappa shape index (κ2) is 5.60. The van der Waals surface area contributed by atoms with Gasteiger partial charge in [0.15, 0.2) is 0 Å². The lowest BCUT2D eigenvalue weighted by molar-refractivity contribution is -0.108. The standard InChI is InChI=1S/C10H12ClNO/c11-7-6-10(8-13)12-9-4-2-1-3-5-9/h1-5,8,10,12H,6-7H2. The van der Waals surface area contributed by atoms with Crippen LogP contribution in [0.2, 0.25) is 0 Å². The molecule has 0 aliphatic carbocycles. The van der Waals surface area contributed by atoms with Crippen LogP contribution in [0, 0.1) is 0 Å². The molecule has 0 saturated carbocycles. The van der Waals surface area contributed by atoms with Crippen LogP contribution in [0.5, 0.6) is 0 Å². The van der Waals surface area contributed by atoms with Gasteiger partial charge in [0.25, 0.3) is 0 Å². The Kier molecular flexibility index (Phi) is 4.33. The van der Waals surface area contributed by atoms with E-state index in [4.69, 9.17) is 11.6 Å². The number of hydrogen-bond donors (Lipinski definition) is 1. The molecule has 1 N–H and O–H groups in total. The molecule has 3 heteroatoms. The molecule has 1 atom stereocenters. The minimum Gasteiger partial charge on any atom is -0.375 e. The summed E-state index contributed by atoms with van der Waals surface area (Å²) in [5.41, 5.74) is 0.949. The monoisotopic (exact) mass is 197 g/mol. The van der Waals surface area contributed by atoms with Gasteiger partial charge in [0.2, 0.25) is 0 Å². The number of carbonyl (C=O) groups excluding carboxylic acids is 1. The fourth-order valence-corrected chi connectivity index (χ4v) is 1.28. The molecule has 70 valence electrons. The van der Waals surface area contributed by atoms with E-state index >= 15 is 0 Å². The third-order valence-corrected chi connectivity index (χ3v) is 1.93. The van der Waals surface area contributed by atoms with E-state index in [1.807, 2.05) is 30.3 Å². The van der Waals surface area contributed by atoms with Crippen LogP contribution in [0.25, 0.3) is 0 Å². The molecule has 0 radical (unpaired) electrons. The molecular formula is C10H12ClNO. The van der Waals surface area contributed by atoms with Crippen molar-refractivity contribution in [2.24, 2.45) is 0 Å². The van der Waals surface area contributed by atoms with Crippen LogP contribution in [-0.2, 0) is 4.79 Å². The zero-order valence-corrected chi connectivity index (χ0v) is 8.00. The Hall–Kier alpha value is -1.02. The van der Waals surface area contributed by atoms with Gasteiger partial charge >= 0.3 is 0 Å². The fourth-order valence-electron chi connectivity index (χ4n) is 1.04. The van der Waals surface area contributed by atoms with Crippen molar-refractivity contribution in [3.8, 4) is 0 Å². The van der Waals surface area contributed by atoms with Crippen molar-refractivity contribution in [2.45, 2.75) is 12.5 Å².